The molecule has 7 rings (SSSR count). The van der Waals surface area contributed by atoms with E-state index in [0.717, 1.165) is 23.7 Å². The van der Waals surface area contributed by atoms with E-state index in [-0.39, 0.29) is 5.41 Å². The molecule has 0 aromatic heterocycles. The molecule has 236 valence electrons. The molecule has 5 fully saturated rings. The minimum absolute atomic E-state index is 0.0834. The van der Waals surface area contributed by atoms with Gasteiger partial charge in [0.1, 0.15) is 0 Å². The number of carboxylic acids is 1. The van der Waals surface area contributed by atoms with Gasteiger partial charge in [-0.2, -0.15) is 11.8 Å². The van der Waals surface area contributed by atoms with Gasteiger partial charge in [-0.05, 0) is 127 Å². The van der Waals surface area contributed by atoms with E-state index in [1.165, 1.54) is 113 Å². The molecule has 4 nitrogen and oxygen atoms in total. The Balaban J connectivity index is 1.10. The third-order valence-corrected chi connectivity index (χ3v) is 15.5. The van der Waals surface area contributed by atoms with E-state index >= 15 is 0 Å². The Morgan fingerprint density at radius 1 is 0.907 bits per heavy atom. The molecular formula is C38H56N2O2S. The maximum Gasteiger partial charge on any atom is 0.335 e. The molecule has 1 aliphatic heterocycles. The molecule has 0 amide bonds. The highest BCUT2D eigenvalue weighted by molar-refractivity contribution is 7.99. The topological polar surface area (TPSA) is 52.6 Å². The van der Waals surface area contributed by atoms with Crippen LogP contribution in [0, 0.1) is 45.8 Å². The number of hydrogen-bond donors (Lipinski definition) is 2. The second-order valence-electron chi connectivity index (χ2n) is 16.5. The molecule has 4 saturated carbocycles. The number of benzene rings is 1. The van der Waals surface area contributed by atoms with Gasteiger partial charge >= 0.3 is 5.97 Å². The number of nitrogens with one attached hydrogen (secondary N) is 1. The number of hydrogen-bond acceptors (Lipinski definition) is 4. The Bertz CT molecular complexity index is 1240. The molecular weight excluding hydrogens is 548 g/mol. The van der Waals surface area contributed by atoms with E-state index in [4.69, 9.17) is 0 Å². The van der Waals surface area contributed by atoms with Gasteiger partial charge < -0.3 is 15.3 Å². The van der Waals surface area contributed by atoms with E-state index < -0.39 is 5.97 Å². The van der Waals surface area contributed by atoms with Crippen molar-refractivity contribution < 1.29 is 9.90 Å². The van der Waals surface area contributed by atoms with Gasteiger partial charge in [0.15, 0.2) is 0 Å². The highest BCUT2D eigenvalue weighted by Crippen LogP contribution is 2.72. The predicted octanol–water partition coefficient (Wildman–Crippen LogP) is 8.23. The maximum atomic E-state index is 11.5. The van der Waals surface area contributed by atoms with Gasteiger partial charge in [-0.15, -0.1) is 0 Å². The SMILES string of the molecule is CC1(C)C(c2ccc(C(=O)O)cc2)=CCC2(C)C1CCC1(C)C3CC[C@@]4(NCCN5CCSCC5)CCCC4C3CCC12. The van der Waals surface area contributed by atoms with Crippen molar-refractivity contribution in [3.05, 3.63) is 41.5 Å². The van der Waals surface area contributed by atoms with Crippen molar-refractivity contribution in [3.8, 4) is 0 Å². The Morgan fingerprint density at radius 2 is 1.67 bits per heavy atom. The molecule has 43 heavy (non-hydrogen) atoms. The molecule has 1 aromatic carbocycles. The summed E-state index contributed by atoms with van der Waals surface area (Å²) < 4.78 is 0. The zero-order chi connectivity index (χ0) is 30.0. The summed E-state index contributed by atoms with van der Waals surface area (Å²) in [7, 11) is 0. The Kier molecular flexibility index (Phi) is 7.90. The molecule has 5 aliphatic carbocycles. The van der Waals surface area contributed by atoms with Gasteiger partial charge in [-0.25, -0.2) is 4.79 Å². The monoisotopic (exact) mass is 604 g/mol. The van der Waals surface area contributed by atoms with Crippen LogP contribution in [0.3, 0.4) is 0 Å². The number of thioether (sulfide) groups is 1. The maximum absolute atomic E-state index is 11.5. The van der Waals surface area contributed by atoms with E-state index in [1.807, 2.05) is 12.1 Å². The number of allylic oxidation sites excluding steroid dienone is 2. The lowest BCUT2D eigenvalue weighted by Gasteiger charge is -2.68. The van der Waals surface area contributed by atoms with Crippen molar-refractivity contribution in [2.45, 2.75) is 97.4 Å². The lowest BCUT2D eigenvalue weighted by molar-refractivity contribution is -0.172. The van der Waals surface area contributed by atoms with Crippen LogP contribution in [0.1, 0.15) is 108 Å². The zero-order valence-electron chi connectivity index (χ0n) is 27.3. The molecule has 1 saturated heterocycles. The van der Waals surface area contributed by atoms with Crippen LogP contribution in [-0.2, 0) is 0 Å². The first-order valence-electron chi connectivity index (χ1n) is 17.7. The first-order chi connectivity index (χ1) is 20.6. The highest BCUT2D eigenvalue weighted by Gasteiger charge is 2.65. The normalized spacial score (nSPS) is 42.2. The molecule has 2 N–H and O–H groups in total. The quantitative estimate of drug-likeness (QED) is 0.343. The van der Waals surface area contributed by atoms with Crippen molar-refractivity contribution in [3.63, 3.8) is 0 Å². The first kappa shape index (κ1) is 30.4. The van der Waals surface area contributed by atoms with E-state index in [9.17, 15) is 9.90 Å². The average Bonchev–Trinajstić information content (AvgIpc) is 3.42. The number of carbonyl (C=O) groups is 1. The third kappa shape index (κ3) is 4.89. The molecule has 0 radical (unpaired) electrons. The van der Waals surface area contributed by atoms with Crippen molar-refractivity contribution in [1.29, 1.82) is 0 Å². The fourth-order valence-electron chi connectivity index (χ4n) is 12.7. The Morgan fingerprint density at radius 3 is 2.42 bits per heavy atom. The highest BCUT2D eigenvalue weighted by atomic mass is 32.2. The molecule has 1 heterocycles. The minimum Gasteiger partial charge on any atom is -0.478 e. The van der Waals surface area contributed by atoms with Crippen molar-refractivity contribution in [2.24, 2.45) is 45.8 Å². The van der Waals surface area contributed by atoms with Crippen molar-refractivity contribution >= 4 is 23.3 Å². The number of aromatic carboxylic acids is 1. The van der Waals surface area contributed by atoms with Crippen LogP contribution in [0.5, 0.6) is 0 Å². The summed E-state index contributed by atoms with van der Waals surface area (Å²) in [6, 6.07) is 7.67. The van der Waals surface area contributed by atoms with Crippen LogP contribution in [0.25, 0.3) is 5.57 Å². The minimum atomic E-state index is -0.844. The van der Waals surface area contributed by atoms with Gasteiger partial charge in [-0.3, -0.25) is 0 Å². The lowest BCUT2D eigenvalue weighted by Crippen LogP contribution is -2.63. The molecule has 0 spiro atoms. The van der Waals surface area contributed by atoms with Gasteiger partial charge in [-0.1, -0.05) is 52.3 Å². The lowest BCUT2D eigenvalue weighted by atomic mass is 9.37. The molecule has 0 bridgehead atoms. The number of rotatable bonds is 6. The zero-order valence-corrected chi connectivity index (χ0v) is 28.1. The molecule has 8 atom stereocenters. The molecule has 7 unspecified atom stereocenters. The standard InChI is InChI=1S/C38H56N2O2S/c1-35(2)29(26-7-9-27(10-8-26)34(41)42)13-17-37(4)32(35)15-18-36(3)30-14-19-38(39-20-21-40-22-24-43-25-23-40)16-5-6-31(38)28(30)11-12-33(36)37/h7-10,13,28,30-33,39H,5-6,11-12,14-25H2,1-4H3,(H,41,42)/t28?,30?,31?,32?,33?,36?,37?,38-/m0/s1. The van der Waals surface area contributed by atoms with Crippen LogP contribution >= 0.6 is 11.8 Å². The summed E-state index contributed by atoms with van der Waals surface area (Å²) >= 11 is 2.12. The Hall–Kier alpha value is -1.30. The summed E-state index contributed by atoms with van der Waals surface area (Å²) in [6.45, 7) is 15.4. The van der Waals surface area contributed by atoms with Crippen LogP contribution in [0.2, 0.25) is 0 Å². The second-order valence-corrected chi connectivity index (χ2v) is 17.7. The van der Waals surface area contributed by atoms with Gasteiger partial charge in [0.05, 0.1) is 5.56 Å². The molecule has 5 heteroatoms. The number of nitrogens with zero attached hydrogens (tertiary/aromatic N) is 1. The summed E-state index contributed by atoms with van der Waals surface area (Å²) in [6.07, 6.45) is 16.4. The summed E-state index contributed by atoms with van der Waals surface area (Å²) in [4.78, 5) is 14.2. The average molecular weight is 605 g/mol. The van der Waals surface area contributed by atoms with Gasteiger partial charge in [0.2, 0.25) is 0 Å². The predicted molar refractivity (Wildman–Crippen MR) is 179 cm³/mol. The summed E-state index contributed by atoms with van der Waals surface area (Å²) in [5, 5.41) is 13.7. The van der Waals surface area contributed by atoms with Crippen LogP contribution in [0.15, 0.2) is 30.3 Å². The van der Waals surface area contributed by atoms with Crippen LogP contribution in [0.4, 0.5) is 0 Å². The number of carboxylic acid groups (broad SMARTS) is 1. The molecule has 6 aliphatic rings. The van der Waals surface area contributed by atoms with Crippen molar-refractivity contribution in [1.82, 2.24) is 10.2 Å². The van der Waals surface area contributed by atoms with Gasteiger partial charge in [0.25, 0.3) is 0 Å². The summed E-state index contributed by atoms with van der Waals surface area (Å²) in [5.74, 6) is 5.92. The second kappa shape index (κ2) is 11.2. The van der Waals surface area contributed by atoms with Gasteiger partial charge in [0, 0.05) is 43.2 Å². The van der Waals surface area contributed by atoms with Crippen LogP contribution in [-0.4, -0.2) is 59.2 Å². The molecule has 1 aromatic rings. The fourth-order valence-corrected chi connectivity index (χ4v) is 13.7. The Labute approximate surface area is 265 Å². The largest absolute Gasteiger partial charge is 0.478 e. The third-order valence-electron chi connectivity index (χ3n) is 14.5. The first-order valence-corrected chi connectivity index (χ1v) is 18.8. The van der Waals surface area contributed by atoms with Crippen molar-refractivity contribution in [2.75, 3.05) is 37.7 Å². The fraction of sp³-hybridized carbons (Fsp3) is 0.763. The van der Waals surface area contributed by atoms with E-state index in [1.54, 1.807) is 12.1 Å². The number of fused-ring (bicyclic) bond motifs is 7. The van der Waals surface area contributed by atoms with E-state index in [2.05, 4.69) is 55.7 Å². The smallest absolute Gasteiger partial charge is 0.335 e. The summed E-state index contributed by atoms with van der Waals surface area (Å²) in [5.41, 5.74) is 4.32. The van der Waals surface area contributed by atoms with E-state index in [0.29, 0.717) is 27.9 Å². The van der Waals surface area contributed by atoms with Crippen LogP contribution < -0.4 is 5.32 Å².